The molecule has 0 radical (unpaired) electrons. The van der Waals surface area contributed by atoms with Crippen LogP contribution in [0.5, 0.6) is 0 Å². The summed E-state index contributed by atoms with van der Waals surface area (Å²) in [7, 11) is 0. The molecule has 0 unspecified atom stereocenters. The van der Waals surface area contributed by atoms with Gasteiger partial charge in [-0.25, -0.2) is 4.98 Å². The van der Waals surface area contributed by atoms with Crippen molar-refractivity contribution < 1.29 is 9.21 Å². The number of amides is 1. The van der Waals surface area contributed by atoms with Gasteiger partial charge in [-0.15, -0.1) is 0 Å². The number of carbonyl (C=O) groups excluding carboxylic acids is 1. The van der Waals surface area contributed by atoms with Crippen molar-refractivity contribution in [1.29, 1.82) is 0 Å². The van der Waals surface area contributed by atoms with Gasteiger partial charge in [-0.1, -0.05) is 24.6 Å². The van der Waals surface area contributed by atoms with Crippen LogP contribution in [0.3, 0.4) is 0 Å². The molecule has 2 N–H and O–H groups in total. The highest BCUT2D eigenvalue weighted by atomic mass is 35.5. The molecule has 1 aromatic heterocycles. The normalized spacial score (nSPS) is 10.7. The van der Waals surface area contributed by atoms with Crippen molar-refractivity contribution in [3.63, 3.8) is 0 Å². The number of benzene rings is 2. The standard InChI is InChI=1S/C18H16ClN3O2S/c1-3-16(23)22-18(25)21-13-6-4-5-12(10(13)2)17-20-14-9-11(19)7-8-15(14)24-17/h4-9H,3H2,1-2H3,(H2,21,22,23,25). The van der Waals surface area contributed by atoms with Crippen molar-refractivity contribution in [1.82, 2.24) is 10.3 Å². The molecular formula is C18H16ClN3O2S. The highest BCUT2D eigenvalue weighted by Crippen LogP contribution is 2.31. The van der Waals surface area contributed by atoms with Gasteiger partial charge < -0.3 is 15.1 Å². The van der Waals surface area contributed by atoms with E-state index in [9.17, 15) is 4.79 Å². The summed E-state index contributed by atoms with van der Waals surface area (Å²) in [6.45, 7) is 3.70. The van der Waals surface area contributed by atoms with E-state index in [1.807, 2.05) is 25.1 Å². The summed E-state index contributed by atoms with van der Waals surface area (Å²) in [5.74, 6) is 0.365. The fourth-order valence-electron chi connectivity index (χ4n) is 2.39. The molecule has 25 heavy (non-hydrogen) atoms. The van der Waals surface area contributed by atoms with Crippen LogP contribution >= 0.6 is 23.8 Å². The van der Waals surface area contributed by atoms with Gasteiger partial charge >= 0.3 is 0 Å². The van der Waals surface area contributed by atoms with E-state index in [1.165, 1.54) is 0 Å². The average molecular weight is 374 g/mol. The first-order valence-electron chi connectivity index (χ1n) is 7.75. The molecule has 128 valence electrons. The Morgan fingerprint density at radius 3 is 2.88 bits per heavy atom. The Morgan fingerprint density at radius 1 is 1.32 bits per heavy atom. The Morgan fingerprint density at radius 2 is 2.12 bits per heavy atom. The van der Waals surface area contributed by atoms with Crippen LogP contribution in [0.4, 0.5) is 5.69 Å². The third-order valence-corrected chi connectivity index (χ3v) is 4.18. The maximum Gasteiger partial charge on any atom is 0.227 e. The quantitative estimate of drug-likeness (QED) is 0.652. The first-order chi connectivity index (χ1) is 12.0. The Balaban J connectivity index is 1.92. The van der Waals surface area contributed by atoms with Gasteiger partial charge in [0.05, 0.1) is 0 Å². The Bertz CT molecular complexity index is 968. The number of anilines is 1. The summed E-state index contributed by atoms with van der Waals surface area (Å²) in [5, 5.41) is 6.53. The largest absolute Gasteiger partial charge is 0.436 e. The van der Waals surface area contributed by atoms with Crippen molar-refractivity contribution in [2.45, 2.75) is 20.3 Å². The molecule has 0 saturated heterocycles. The third-order valence-electron chi connectivity index (χ3n) is 3.74. The minimum atomic E-state index is -0.137. The van der Waals surface area contributed by atoms with Gasteiger partial charge in [0.2, 0.25) is 11.8 Å². The number of nitrogens with one attached hydrogen (secondary N) is 2. The Kier molecular flexibility index (Phi) is 5.01. The van der Waals surface area contributed by atoms with Gasteiger partial charge in [0.1, 0.15) is 5.52 Å². The molecule has 3 rings (SSSR count). The third kappa shape index (κ3) is 3.81. The molecule has 0 aliphatic heterocycles. The predicted molar refractivity (Wildman–Crippen MR) is 104 cm³/mol. The van der Waals surface area contributed by atoms with Gasteiger partial charge in [0.25, 0.3) is 0 Å². The first kappa shape index (κ1) is 17.4. The van der Waals surface area contributed by atoms with Crippen molar-refractivity contribution in [2.75, 3.05) is 5.32 Å². The van der Waals surface area contributed by atoms with Crippen molar-refractivity contribution >= 4 is 51.6 Å². The fourth-order valence-corrected chi connectivity index (χ4v) is 2.78. The average Bonchev–Trinajstić information content (AvgIpc) is 2.99. The molecule has 2 aromatic carbocycles. The lowest BCUT2D eigenvalue weighted by atomic mass is 10.1. The van der Waals surface area contributed by atoms with Crippen LogP contribution in [0.25, 0.3) is 22.6 Å². The van der Waals surface area contributed by atoms with E-state index in [1.54, 1.807) is 25.1 Å². The van der Waals surface area contributed by atoms with E-state index in [0.717, 1.165) is 16.8 Å². The molecule has 0 aliphatic carbocycles. The van der Waals surface area contributed by atoms with Crippen LogP contribution in [0.1, 0.15) is 18.9 Å². The minimum Gasteiger partial charge on any atom is -0.436 e. The maximum atomic E-state index is 11.4. The lowest BCUT2D eigenvalue weighted by Crippen LogP contribution is -2.33. The highest BCUT2D eigenvalue weighted by Gasteiger charge is 2.14. The van der Waals surface area contributed by atoms with Crippen molar-refractivity contribution in [3.8, 4) is 11.5 Å². The topological polar surface area (TPSA) is 67.2 Å². The minimum absolute atomic E-state index is 0.137. The lowest BCUT2D eigenvalue weighted by molar-refractivity contribution is -0.119. The van der Waals surface area contributed by atoms with Crippen LogP contribution in [0.15, 0.2) is 40.8 Å². The molecule has 1 amide bonds. The number of fused-ring (bicyclic) bond motifs is 1. The fraction of sp³-hybridized carbons (Fsp3) is 0.167. The van der Waals surface area contributed by atoms with Gasteiger partial charge in [0, 0.05) is 22.7 Å². The maximum absolute atomic E-state index is 11.4. The molecule has 5 nitrogen and oxygen atoms in total. The molecular weight excluding hydrogens is 358 g/mol. The number of nitrogens with zero attached hydrogens (tertiary/aromatic N) is 1. The highest BCUT2D eigenvalue weighted by molar-refractivity contribution is 7.80. The van der Waals surface area contributed by atoms with Crippen LogP contribution in [0, 0.1) is 6.92 Å². The van der Waals surface area contributed by atoms with E-state index in [2.05, 4.69) is 15.6 Å². The molecule has 0 saturated carbocycles. The molecule has 0 bridgehead atoms. The number of aromatic nitrogens is 1. The molecule has 0 spiro atoms. The van der Waals surface area contributed by atoms with Gasteiger partial charge in [-0.3, -0.25) is 4.79 Å². The zero-order valence-electron chi connectivity index (χ0n) is 13.7. The van der Waals surface area contributed by atoms with Crippen LogP contribution in [0.2, 0.25) is 5.02 Å². The summed E-state index contributed by atoms with van der Waals surface area (Å²) in [6.07, 6.45) is 0.367. The van der Waals surface area contributed by atoms with Gasteiger partial charge in [0.15, 0.2) is 10.7 Å². The van der Waals surface area contributed by atoms with E-state index in [0.29, 0.717) is 28.4 Å². The summed E-state index contributed by atoms with van der Waals surface area (Å²) in [5.41, 5.74) is 3.89. The van der Waals surface area contributed by atoms with Crippen LogP contribution < -0.4 is 10.6 Å². The van der Waals surface area contributed by atoms with Crippen molar-refractivity contribution in [2.24, 2.45) is 0 Å². The van der Waals surface area contributed by atoms with E-state index < -0.39 is 0 Å². The zero-order valence-corrected chi connectivity index (χ0v) is 15.3. The predicted octanol–water partition coefficient (Wildman–Crippen LogP) is 4.68. The number of hydrogen-bond donors (Lipinski definition) is 2. The number of rotatable bonds is 3. The summed E-state index contributed by atoms with van der Waals surface area (Å²) < 4.78 is 5.83. The van der Waals surface area contributed by atoms with Gasteiger partial charge in [-0.05, 0) is 55.0 Å². The molecule has 0 aliphatic rings. The number of thiocarbonyl (C=S) groups is 1. The monoisotopic (exact) mass is 373 g/mol. The van der Waals surface area contributed by atoms with E-state index >= 15 is 0 Å². The zero-order chi connectivity index (χ0) is 18.0. The molecule has 3 aromatic rings. The number of carbonyl (C=O) groups is 1. The number of oxazole rings is 1. The Labute approximate surface area is 155 Å². The molecule has 0 atom stereocenters. The Hall–Kier alpha value is -2.44. The lowest BCUT2D eigenvalue weighted by Gasteiger charge is -2.13. The summed E-state index contributed by atoms with van der Waals surface area (Å²) in [6, 6.07) is 11.0. The van der Waals surface area contributed by atoms with E-state index in [-0.39, 0.29) is 11.0 Å². The second-order valence-electron chi connectivity index (χ2n) is 5.47. The van der Waals surface area contributed by atoms with Crippen LogP contribution in [-0.4, -0.2) is 16.0 Å². The summed E-state index contributed by atoms with van der Waals surface area (Å²) >= 11 is 11.2. The van der Waals surface area contributed by atoms with E-state index in [4.69, 9.17) is 28.2 Å². The summed E-state index contributed by atoms with van der Waals surface area (Å²) in [4.78, 5) is 15.9. The van der Waals surface area contributed by atoms with Crippen molar-refractivity contribution in [3.05, 3.63) is 47.0 Å². The SMILES string of the molecule is CCC(=O)NC(=S)Nc1cccc(-c2nc3cc(Cl)ccc3o2)c1C. The van der Waals surface area contributed by atoms with Gasteiger partial charge in [-0.2, -0.15) is 0 Å². The second-order valence-corrected chi connectivity index (χ2v) is 6.31. The van der Waals surface area contributed by atoms with Crippen LogP contribution in [-0.2, 0) is 4.79 Å². The number of halogens is 1. The number of hydrogen-bond acceptors (Lipinski definition) is 4. The molecule has 7 heteroatoms. The second kappa shape index (κ2) is 7.21. The smallest absolute Gasteiger partial charge is 0.227 e. The first-order valence-corrected chi connectivity index (χ1v) is 8.53. The molecule has 0 fully saturated rings. The molecule has 1 heterocycles.